The van der Waals surface area contributed by atoms with Crippen molar-refractivity contribution in [3.8, 4) is 50.7 Å². The number of hydrogen-bond donors (Lipinski definition) is 0. The molecule has 0 fully saturated rings. The highest BCUT2D eigenvalue weighted by atomic mass is 19.1. The molecular formula is C49H31FN2. The predicted molar refractivity (Wildman–Crippen MR) is 213 cm³/mol. The standard InChI is InChI=1S/C49H31FN2/c1-49(2)43-25-33(18-21-38(43)39-23-20-35(50)27-44(39)49)31-8-7-9-32(24-31)34-19-22-42-45(26-34)52-48(30-16-14-29(28-51)15-17-30)47-41-13-6-4-11-37(41)36-10-3-5-12-40(36)46(42)47/h3-27H,1-2H3. The molecule has 0 saturated heterocycles. The molecule has 0 saturated carbocycles. The van der Waals surface area contributed by atoms with Gasteiger partial charge in [-0.2, -0.15) is 5.26 Å². The van der Waals surface area contributed by atoms with Crippen LogP contribution in [0.4, 0.5) is 4.39 Å². The van der Waals surface area contributed by atoms with Crippen molar-refractivity contribution in [2.45, 2.75) is 19.3 Å². The number of aromatic nitrogens is 1. The number of nitrogens with zero attached hydrogens (tertiary/aromatic N) is 2. The van der Waals surface area contributed by atoms with Crippen molar-refractivity contribution >= 4 is 43.2 Å². The molecule has 1 heterocycles. The minimum absolute atomic E-state index is 0.198. The van der Waals surface area contributed by atoms with Crippen molar-refractivity contribution in [2.75, 3.05) is 0 Å². The van der Waals surface area contributed by atoms with E-state index in [4.69, 9.17) is 4.98 Å². The lowest BCUT2D eigenvalue weighted by Gasteiger charge is -2.22. The second kappa shape index (κ2) is 11.2. The van der Waals surface area contributed by atoms with Gasteiger partial charge in [-0.05, 0) is 109 Å². The summed E-state index contributed by atoms with van der Waals surface area (Å²) in [4.78, 5) is 5.42. The number of nitriles is 1. The fraction of sp³-hybridized carbons (Fsp3) is 0.0612. The molecule has 2 nitrogen and oxygen atoms in total. The van der Waals surface area contributed by atoms with Crippen LogP contribution in [0.25, 0.3) is 87.9 Å². The summed E-state index contributed by atoms with van der Waals surface area (Å²) in [5, 5.41) is 17.7. The van der Waals surface area contributed by atoms with Gasteiger partial charge in [0.05, 0.1) is 22.8 Å². The fourth-order valence-electron chi connectivity index (χ4n) is 8.54. The maximum atomic E-state index is 14.3. The molecule has 0 unspecified atom stereocenters. The summed E-state index contributed by atoms with van der Waals surface area (Å²) in [6.07, 6.45) is 0. The molecular weight excluding hydrogens is 636 g/mol. The van der Waals surface area contributed by atoms with Gasteiger partial charge >= 0.3 is 0 Å². The van der Waals surface area contributed by atoms with Crippen LogP contribution in [0.5, 0.6) is 0 Å². The van der Waals surface area contributed by atoms with E-state index in [2.05, 4.69) is 129 Å². The van der Waals surface area contributed by atoms with Crippen LogP contribution >= 0.6 is 0 Å². The third-order valence-corrected chi connectivity index (χ3v) is 11.1. The highest BCUT2D eigenvalue weighted by molar-refractivity contribution is 6.33. The third-order valence-electron chi connectivity index (χ3n) is 11.1. The van der Waals surface area contributed by atoms with Gasteiger partial charge in [-0.25, -0.2) is 9.37 Å². The van der Waals surface area contributed by atoms with Crippen LogP contribution in [0, 0.1) is 17.1 Å². The van der Waals surface area contributed by atoms with Gasteiger partial charge in [0.1, 0.15) is 5.82 Å². The molecule has 0 radical (unpaired) electrons. The average Bonchev–Trinajstić information content (AvgIpc) is 3.41. The minimum atomic E-state index is -0.296. The predicted octanol–water partition coefficient (Wildman–Crippen LogP) is 13.0. The Balaban J connectivity index is 1.16. The van der Waals surface area contributed by atoms with E-state index >= 15 is 0 Å². The Bertz CT molecular complexity index is 3000. The zero-order valence-corrected chi connectivity index (χ0v) is 28.7. The van der Waals surface area contributed by atoms with Crippen LogP contribution in [0.2, 0.25) is 0 Å². The van der Waals surface area contributed by atoms with Gasteiger partial charge in [-0.3, -0.25) is 0 Å². The van der Waals surface area contributed by atoms with Gasteiger partial charge in [0.25, 0.3) is 0 Å². The van der Waals surface area contributed by atoms with Gasteiger partial charge in [0, 0.05) is 27.1 Å². The molecule has 0 bridgehead atoms. The summed E-state index contributed by atoms with van der Waals surface area (Å²) in [6.45, 7) is 4.36. The van der Waals surface area contributed by atoms with Gasteiger partial charge in [-0.15, -0.1) is 0 Å². The van der Waals surface area contributed by atoms with Crippen LogP contribution in [0.1, 0.15) is 30.5 Å². The SMILES string of the molecule is CC1(C)c2cc(F)ccc2-c2ccc(-c3cccc(-c4ccc5c(c4)nc(-c4ccc(C#N)cc4)c4c6ccccc6c6ccccc6c54)c3)cc21. The van der Waals surface area contributed by atoms with Crippen LogP contribution in [0.15, 0.2) is 152 Å². The molecule has 52 heavy (non-hydrogen) atoms. The minimum Gasteiger partial charge on any atom is -0.247 e. The van der Waals surface area contributed by atoms with Crippen molar-refractivity contribution in [1.82, 2.24) is 4.98 Å². The van der Waals surface area contributed by atoms with Crippen LogP contribution < -0.4 is 0 Å². The second-order valence-electron chi connectivity index (χ2n) is 14.4. The van der Waals surface area contributed by atoms with Crippen LogP contribution in [0.3, 0.4) is 0 Å². The average molecular weight is 667 g/mol. The first kappa shape index (κ1) is 30.2. The van der Waals surface area contributed by atoms with Crippen LogP contribution in [-0.4, -0.2) is 4.98 Å². The van der Waals surface area contributed by atoms with E-state index in [1.807, 2.05) is 30.3 Å². The molecule has 244 valence electrons. The Labute approximate surface area is 301 Å². The molecule has 1 aliphatic carbocycles. The summed E-state index contributed by atoms with van der Waals surface area (Å²) in [5.41, 5.74) is 12.1. The van der Waals surface area contributed by atoms with Gasteiger partial charge < -0.3 is 0 Å². The Morgan fingerprint density at radius 2 is 1.06 bits per heavy atom. The first-order chi connectivity index (χ1) is 25.4. The van der Waals surface area contributed by atoms with Gasteiger partial charge in [0.15, 0.2) is 0 Å². The van der Waals surface area contributed by atoms with E-state index in [9.17, 15) is 9.65 Å². The molecule has 1 aliphatic rings. The molecule has 0 N–H and O–H groups in total. The van der Waals surface area contributed by atoms with E-state index in [1.165, 1.54) is 32.7 Å². The molecule has 3 heteroatoms. The Morgan fingerprint density at radius 3 is 1.75 bits per heavy atom. The molecule has 1 aromatic heterocycles. The Hall–Kier alpha value is -6.63. The number of halogens is 1. The first-order valence-electron chi connectivity index (χ1n) is 17.6. The van der Waals surface area contributed by atoms with Crippen molar-refractivity contribution in [1.29, 1.82) is 5.26 Å². The summed E-state index contributed by atoms with van der Waals surface area (Å²) < 4.78 is 14.3. The molecule has 0 atom stereocenters. The van der Waals surface area contributed by atoms with Crippen molar-refractivity contribution in [3.05, 3.63) is 174 Å². The van der Waals surface area contributed by atoms with Crippen molar-refractivity contribution < 1.29 is 4.39 Å². The smallest absolute Gasteiger partial charge is 0.123 e. The summed E-state index contributed by atoms with van der Waals surface area (Å²) in [6, 6.07) is 54.4. The zero-order valence-electron chi connectivity index (χ0n) is 28.7. The van der Waals surface area contributed by atoms with E-state index in [-0.39, 0.29) is 11.2 Å². The summed E-state index contributed by atoms with van der Waals surface area (Å²) in [5.74, 6) is -0.198. The Kier molecular flexibility index (Phi) is 6.50. The number of hydrogen-bond acceptors (Lipinski definition) is 2. The molecule has 0 amide bonds. The van der Waals surface area contributed by atoms with Crippen molar-refractivity contribution in [3.63, 3.8) is 0 Å². The van der Waals surface area contributed by atoms with Crippen LogP contribution in [-0.2, 0) is 5.41 Å². The first-order valence-corrected chi connectivity index (χ1v) is 17.6. The lowest BCUT2D eigenvalue weighted by atomic mass is 9.81. The Morgan fingerprint density at radius 1 is 0.500 bits per heavy atom. The normalized spacial score (nSPS) is 13.0. The molecule has 9 aromatic rings. The quantitative estimate of drug-likeness (QED) is 0.176. The summed E-state index contributed by atoms with van der Waals surface area (Å²) in [7, 11) is 0. The molecule has 0 aliphatic heterocycles. The van der Waals surface area contributed by atoms with E-state index in [1.54, 1.807) is 12.1 Å². The van der Waals surface area contributed by atoms with Crippen molar-refractivity contribution in [2.24, 2.45) is 0 Å². The largest absolute Gasteiger partial charge is 0.247 e. The maximum Gasteiger partial charge on any atom is 0.123 e. The highest BCUT2D eigenvalue weighted by Crippen LogP contribution is 2.50. The number of rotatable bonds is 3. The fourth-order valence-corrected chi connectivity index (χ4v) is 8.54. The number of benzene rings is 8. The van der Waals surface area contributed by atoms with Gasteiger partial charge in [-0.1, -0.05) is 123 Å². The highest BCUT2D eigenvalue weighted by Gasteiger charge is 2.36. The second-order valence-corrected chi connectivity index (χ2v) is 14.4. The van der Waals surface area contributed by atoms with Gasteiger partial charge in [0.2, 0.25) is 0 Å². The molecule has 10 rings (SSSR count). The van der Waals surface area contributed by atoms with E-state index in [0.29, 0.717) is 5.56 Å². The summed E-state index contributed by atoms with van der Waals surface area (Å²) >= 11 is 0. The monoisotopic (exact) mass is 666 g/mol. The number of pyridine rings is 1. The third kappa shape index (κ3) is 4.44. The lowest BCUT2D eigenvalue weighted by Crippen LogP contribution is -2.15. The van der Waals surface area contributed by atoms with E-state index in [0.717, 1.165) is 66.3 Å². The lowest BCUT2D eigenvalue weighted by molar-refractivity contribution is 0.609. The topological polar surface area (TPSA) is 36.7 Å². The molecule has 8 aromatic carbocycles. The number of fused-ring (bicyclic) bond motifs is 11. The molecule has 0 spiro atoms. The van der Waals surface area contributed by atoms with E-state index < -0.39 is 0 Å². The zero-order chi connectivity index (χ0) is 35.1. The maximum absolute atomic E-state index is 14.3.